The van der Waals surface area contributed by atoms with Crippen LogP contribution < -0.4 is 5.32 Å². The molecule has 19 heavy (non-hydrogen) atoms. The van der Waals surface area contributed by atoms with E-state index in [-0.39, 0.29) is 18.1 Å². The van der Waals surface area contributed by atoms with Gasteiger partial charge in [-0.25, -0.2) is 0 Å². The lowest BCUT2D eigenvalue weighted by molar-refractivity contribution is -0.120. The summed E-state index contributed by atoms with van der Waals surface area (Å²) in [6, 6.07) is 12.7. The summed E-state index contributed by atoms with van der Waals surface area (Å²) in [6.45, 7) is 0.435. The van der Waals surface area contributed by atoms with Crippen LogP contribution in [0.25, 0.3) is 0 Å². The third-order valence-electron chi connectivity index (χ3n) is 2.93. The second kappa shape index (κ2) is 6.00. The molecular formula is C15H16N2O2. The molecule has 98 valence electrons. The lowest BCUT2D eigenvalue weighted by atomic mass is 10.1. The van der Waals surface area contributed by atoms with E-state index in [4.69, 9.17) is 0 Å². The van der Waals surface area contributed by atoms with Crippen LogP contribution in [0.15, 0.2) is 48.7 Å². The van der Waals surface area contributed by atoms with E-state index in [2.05, 4.69) is 5.32 Å². The van der Waals surface area contributed by atoms with Gasteiger partial charge in [0.05, 0.1) is 13.0 Å². The Labute approximate surface area is 112 Å². The van der Waals surface area contributed by atoms with Crippen LogP contribution in [0.2, 0.25) is 0 Å². The zero-order valence-electron chi connectivity index (χ0n) is 10.8. The van der Waals surface area contributed by atoms with E-state index in [1.807, 2.05) is 36.0 Å². The second-order valence-electron chi connectivity index (χ2n) is 4.35. The second-order valence-corrected chi connectivity index (χ2v) is 4.35. The Kier molecular flexibility index (Phi) is 4.13. The van der Waals surface area contributed by atoms with Crippen molar-refractivity contribution in [3.63, 3.8) is 0 Å². The molecule has 1 N–H and O–H groups in total. The number of aromatic nitrogens is 1. The van der Waals surface area contributed by atoms with E-state index < -0.39 is 0 Å². The highest BCUT2D eigenvalue weighted by molar-refractivity contribution is 6.07. The maximum absolute atomic E-state index is 11.8. The van der Waals surface area contributed by atoms with Crippen molar-refractivity contribution in [3.05, 3.63) is 59.9 Å². The number of nitrogens with one attached hydrogen (secondary N) is 1. The van der Waals surface area contributed by atoms with Crippen molar-refractivity contribution in [2.75, 3.05) is 0 Å². The zero-order valence-corrected chi connectivity index (χ0v) is 10.8. The predicted molar refractivity (Wildman–Crippen MR) is 72.6 cm³/mol. The fraction of sp³-hybridized carbons (Fsp3) is 0.200. The van der Waals surface area contributed by atoms with Gasteiger partial charge in [0.25, 0.3) is 0 Å². The Hall–Kier alpha value is -2.36. The van der Waals surface area contributed by atoms with Crippen LogP contribution in [0.3, 0.4) is 0 Å². The first kappa shape index (κ1) is 13.1. The molecule has 1 amide bonds. The maximum Gasteiger partial charge on any atom is 0.228 e. The number of Topliss-reactive ketones (excluding diaryl/α,β-unsaturated/α-hetero) is 1. The Morgan fingerprint density at radius 3 is 2.47 bits per heavy atom. The van der Waals surface area contributed by atoms with E-state index in [0.717, 1.165) is 5.69 Å². The van der Waals surface area contributed by atoms with E-state index in [0.29, 0.717) is 12.1 Å². The molecule has 0 aliphatic carbocycles. The van der Waals surface area contributed by atoms with Crippen LogP contribution >= 0.6 is 0 Å². The average Bonchev–Trinajstić information content (AvgIpc) is 2.83. The quantitative estimate of drug-likeness (QED) is 0.656. The highest BCUT2D eigenvalue weighted by Crippen LogP contribution is 2.03. The number of carbonyl (C=O) groups is 2. The lowest BCUT2D eigenvalue weighted by Crippen LogP contribution is -2.26. The summed E-state index contributed by atoms with van der Waals surface area (Å²) < 4.78 is 1.93. The number of hydrogen-bond acceptors (Lipinski definition) is 2. The molecule has 0 radical (unpaired) electrons. The normalized spacial score (nSPS) is 10.2. The Morgan fingerprint density at radius 2 is 1.84 bits per heavy atom. The number of aryl methyl sites for hydroxylation is 1. The molecule has 1 aromatic carbocycles. The van der Waals surface area contributed by atoms with E-state index in [1.165, 1.54) is 0 Å². The molecule has 0 aliphatic heterocycles. The lowest BCUT2D eigenvalue weighted by Gasteiger charge is -2.06. The summed E-state index contributed by atoms with van der Waals surface area (Å²) in [6.07, 6.45) is 1.80. The van der Waals surface area contributed by atoms with Crippen molar-refractivity contribution in [1.82, 2.24) is 9.88 Å². The molecule has 0 aliphatic rings. The third-order valence-corrected chi connectivity index (χ3v) is 2.93. The largest absolute Gasteiger partial charge is 0.353 e. The van der Waals surface area contributed by atoms with Gasteiger partial charge in [0, 0.05) is 24.5 Å². The van der Waals surface area contributed by atoms with Crippen LogP contribution in [0.4, 0.5) is 0 Å². The molecule has 0 bridgehead atoms. The molecule has 1 aromatic heterocycles. The maximum atomic E-state index is 11.8. The molecule has 4 nitrogen and oxygen atoms in total. The van der Waals surface area contributed by atoms with Crippen LogP contribution in [-0.2, 0) is 18.4 Å². The van der Waals surface area contributed by atoms with Crippen molar-refractivity contribution in [3.8, 4) is 0 Å². The number of benzene rings is 1. The fourth-order valence-corrected chi connectivity index (χ4v) is 1.80. The Bertz CT molecular complexity index is 573. The molecule has 0 atom stereocenters. The van der Waals surface area contributed by atoms with Gasteiger partial charge in [-0.1, -0.05) is 30.3 Å². The van der Waals surface area contributed by atoms with Gasteiger partial charge in [-0.15, -0.1) is 0 Å². The van der Waals surface area contributed by atoms with Gasteiger partial charge in [0.2, 0.25) is 5.91 Å². The molecule has 2 rings (SSSR count). The number of amides is 1. The third kappa shape index (κ3) is 3.55. The number of rotatable bonds is 5. The van der Waals surface area contributed by atoms with Crippen molar-refractivity contribution >= 4 is 11.7 Å². The number of ketones is 1. The first-order valence-electron chi connectivity index (χ1n) is 6.12. The highest BCUT2D eigenvalue weighted by atomic mass is 16.2. The van der Waals surface area contributed by atoms with Crippen LogP contribution in [0.5, 0.6) is 0 Å². The number of carbonyl (C=O) groups excluding carboxylic acids is 2. The zero-order chi connectivity index (χ0) is 13.7. The minimum absolute atomic E-state index is 0.117. The summed E-state index contributed by atoms with van der Waals surface area (Å²) in [5.74, 6) is -0.417. The molecule has 1 heterocycles. The molecule has 2 aromatic rings. The molecule has 0 saturated carbocycles. The molecule has 0 fully saturated rings. The predicted octanol–water partition coefficient (Wildman–Crippen LogP) is 1.91. The van der Waals surface area contributed by atoms with Gasteiger partial charge in [-0.05, 0) is 12.1 Å². The first-order valence-corrected chi connectivity index (χ1v) is 6.12. The van der Waals surface area contributed by atoms with E-state index in [1.54, 1.807) is 24.3 Å². The van der Waals surface area contributed by atoms with Gasteiger partial charge < -0.3 is 9.88 Å². The molecular weight excluding hydrogens is 240 g/mol. The summed E-state index contributed by atoms with van der Waals surface area (Å²) in [5.41, 5.74) is 1.57. The van der Waals surface area contributed by atoms with Gasteiger partial charge in [-0.3, -0.25) is 9.59 Å². The Balaban J connectivity index is 1.85. The van der Waals surface area contributed by atoms with Crippen LogP contribution in [0.1, 0.15) is 22.5 Å². The summed E-state index contributed by atoms with van der Waals surface area (Å²) in [4.78, 5) is 23.5. The average molecular weight is 256 g/mol. The van der Waals surface area contributed by atoms with Crippen LogP contribution in [0, 0.1) is 0 Å². The fourth-order valence-electron chi connectivity index (χ4n) is 1.80. The van der Waals surface area contributed by atoms with Gasteiger partial charge in [0.1, 0.15) is 0 Å². The molecule has 4 heteroatoms. The summed E-state index contributed by atoms with van der Waals surface area (Å²) in [5, 5.41) is 2.75. The molecule has 0 saturated heterocycles. The SMILES string of the molecule is Cn1cccc1CNC(=O)CC(=O)c1ccccc1. The highest BCUT2D eigenvalue weighted by Gasteiger charge is 2.11. The Morgan fingerprint density at radius 1 is 1.11 bits per heavy atom. The van der Waals surface area contributed by atoms with Crippen molar-refractivity contribution in [1.29, 1.82) is 0 Å². The minimum Gasteiger partial charge on any atom is -0.353 e. The van der Waals surface area contributed by atoms with E-state index in [9.17, 15) is 9.59 Å². The van der Waals surface area contributed by atoms with Crippen molar-refractivity contribution < 1.29 is 9.59 Å². The molecule has 0 spiro atoms. The number of hydrogen-bond donors (Lipinski definition) is 1. The standard InChI is InChI=1S/C15H16N2O2/c1-17-9-5-8-13(17)11-16-15(19)10-14(18)12-6-3-2-4-7-12/h2-9H,10-11H2,1H3,(H,16,19). The monoisotopic (exact) mass is 256 g/mol. The smallest absolute Gasteiger partial charge is 0.228 e. The molecule has 0 unspecified atom stereocenters. The topological polar surface area (TPSA) is 51.1 Å². The minimum atomic E-state index is -0.255. The van der Waals surface area contributed by atoms with Gasteiger partial charge >= 0.3 is 0 Å². The summed E-state index contributed by atoms with van der Waals surface area (Å²) in [7, 11) is 1.91. The van der Waals surface area contributed by atoms with Crippen molar-refractivity contribution in [2.45, 2.75) is 13.0 Å². The van der Waals surface area contributed by atoms with Gasteiger partial charge in [0.15, 0.2) is 5.78 Å². The van der Waals surface area contributed by atoms with Crippen LogP contribution in [-0.4, -0.2) is 16.3 Å². The summed E-state index contributed by atoms with van der Waals surface area (Å²) >= 11 is 0. The van der Waals surface area contributed by atoms with E-state index >= 15 is 0 Å². The number of nitrogens with zero attached hydrogens (tertiary/aromatic N) is 1. The first-order chi connectivity index (χ1) is 9.16. The van der Waals surface area contributed by atoms with Crippen molar-refractivity contribution in [2.24, 2.45) is 7.05 Å². The van der Waals surface area contributed by atoms with Gasteiger partial charge in [-0.2, -0.15) is 0 Å².